The molecule has 4 aromatic carbocycles. The Labute approximate surface area is 312 Å². The topological polar surface area (TPSA) is 152 Å². The van der Waals surface area contributed by atoms with Gasteiger partial charge in [0.25, 0.3) is 0 Å². The van der Waals surface area contributed by atoms with Gasteiger partial charge in [0.15, 0.2) is 6.29 Å². The van der Waals surface area contributed by atoms with Gasteiger partial charge in [0.2, 0.25) is 11.8 Å². The molecule has 0 aromatic heterocycles. The van der Waals surface area contributed by atoms with Gasteiger partial charge < -0.3 is 36.1 Å². The lowest BCUT2D eigenvalue weighted by molar-refractivity contribution is -0.252. The van der Waals surface area contributed by atoms with E-state index in [1.165, 1.54) is 0 Å². The van der Waals surface area contributed by atoms with E-state index >= 15 is 0 Å². The number of amides is 2. The Morgan fingerprint density at radius 1 is 0.811 bits per heavy atom. The number of carbonyl (C=O) groups is 2. The third-order valence-corrected chi connectivity index (χ3v) is 10.2. The van der Waals surface area contributed by atoms with Crippen LogP contribution in [0.25, 0.3) is 11.1 Å². The molecule has 280 valence electrons. The minimum Gasteiger partial charge on any atom is -0.397 e. The number of para-hydroxylation sites is 2. The average molecular weight is 721 g/mol. The Balaban J connectivity index is 1.19. The smallest absolute Gasteiger partial charge is 0.227 e. The van der Waals surface area contributed by atoms with Gasteiger partial charge in [-0.15, -0.1) is 0 Å². The molecule has 4 aromatic rings. The summed E-state index contributed by atoms with van der Waals surface area (Å²) < 4.78 is 13.3. The zero-order valence-corrected chi connectivity index (χ0v) is 30.3. The Morgan fingerprint density at radius 3 is 2.26 bits per heavy atom. The molecule has 53 heavy (non-hydrogen) atoms. The SMILES string of the molecule is NC(=O)CCCCCCC(=O)N(Cc1cccc(-c2cccc(C3OC(CN4CCC(O)C4)CC(c4ccc(CO)cc4)O3)c2)c1)c1ccccc1N. The van der Waals surface area contributed by atoms with E-state index in [2.05, 4.69) is 29.2 Å². The summed E-state index contributed by atoms with van der Waals surface area (Å²) in [5.74, 6) is -0.300. The van der Waals surface area contributed by atoms with Gasteiger partial charge in [0.1, 0.15) is 0 Å². The molecule has 4 atom stereocenters. The van der Waals surface area contributed by atoms with Crippen molar-refractivity contribution >= 4 is 23.2 Å². The zero-order chi connectivity index (χ0) is 37.2. The van der Waals surface area contributed by atoms with Crippen molar-refractivity contribution in [3.63, 3.8) is 0 Å². The normalized spacial score (nSPS) is 20.3. The van der Waals surface area contributed by atoms with E-state index < -0.39 is 6.29 Å². The quantitative estimate of drug-likeness (QED) is 0.0767. The van der Waals surface area contributed by atoms with Gasteiger partial charge in [-0.25, -0.2) is 0 Å². The van der Waals surface area contributed by atoms with Crippen molar-refractivity contribution < 1.29 is 29.3 Å². The number of carbonyl (C=O) groups excluding carboxylic acids is 2. The summed E-state index contributed by atoms with van der Waals surface area (Å²) in [4.78, 5) is 28.8. The molecule has 6 rings (SSSR count). The minimum atomic E-state index is -0.600. The van der Waals surface area contributed by atoms with E-state index in [0.717, 1.165) is 65.6 Å². The summed E-state index contributed by atoms with van der Waals surface area (Å²) in [6.07, 6.45) is 4.13. The number of nitrogens with zero attached hydrogens (tertiary/aromatic N) is 2. The Hall–Kier alpha value is -4.58. The number of anilines is 2. The lowest BCUT2D eigenvalue weighted by atomic mass is 9.98. The van der Waals surface area contributed by atoms with E-state index in [1.54, 1.807) is 4.90 Å². The molecule has 2 heterocycles. The number of benzene rings is 4. The highest BCUT2D eigenvalue weighted by atomic mass is 16.7. The molecule has 10 heteroatoms. The first-order valence-electron chi connectivity index (χ1n) is 18.8. The molecule has 2 fully saturated rings. The maximum absolute atomic E-state index is 13.7. The number of nitrogens with two attached hydrogens (primary N) is 2. The van der Waals surface area contributed by atoms with Crippen LogP contribution in [-0.2, 0) is 32.2 Å². The summed E-state index contributed by atoms with van der Waals surface area (Å²) in [5, 5.41) is 19.7. The molecular weight excluding hydrogens is 668 g/mol. The molecule has 0 saturated carbocycles. The van der Waals surface area contributed by atoms with Crippen molar-refractivity contribution in [2.45, 2.75) is 89.1 Å². The van der Waals surface area contributed by atoms with Gasteiger partial charge in [0.05, 0.1) is 42.8 Å². The lowest BCUT2D eigenvalue weighted by Gasteiger charge is -2.38. The molecule has 2 aliphatic rings. The molecule has 0 radical (unpaired) electrons. The summed E-state index contributed by atoms with van der Waals surface area (Å²) in [6.45, 7) is 2.54. The number of hydrogen-bond donors (Lipinski definition) is 4. The molecule has 10 nitrogen and oxygen atoms in total. The number of unbranched alkanes of at least 4 members (excludes halogenated alkanes) is 3. The highest BCUT2D eigenvalue weighted by molar-refractivity contribution is 5.96. The van der Waals surface area contributed by atoms with Crippen LogP contribution in [0.4, 0.5) is 11.4 Å². The van der Waals surface area contributed by atoms with Crippen LogP contribution in [0.3, 0.4) is 0 Å². The largest absolute Gasteiger partial charge is 0.397 e. The van der Waals surface area contributed by atoms with Crippen LogP contribution in [0.2, 0.25) is 0 Å². The first-order chi connectivity index (χ1) is 25.7. The molecule has 0 bridgehead atoms. The predicted octanol–water partition coefficient (Wildman–Crippen LogP) is 6.40. The van der Waals surface area contributed by atoms with Crippen molar-refractivity contribution in [1.29, 1.82) is 0 Å². The third-order valence-electron chi connectivity index (χ3n) is 10.2. The van der Waals surface area contributed by atoms with Crippen LogP contribution in [0.15, 0.2) is 97.1 Å². The average Bonchev–Trinajstić information content (AvgIpc) is 3.59. The third kappa shape index (κ3) is 10.5. The second-order valence-corrected chi connectivity index (χ2v) is 14.3. The van der Waals surface area contributed by atoms with E-state index in [4.69, 9.17) is 20.9 Å². The van der Waals surface area contributed by atoms with Gasteiger partial charge in [-0.3, -0.25) is 14.5 Å². The Kier molecular flexibility index (Phi) is 13.3. The fraction of sp³-hybridized carbons (Fsp3) is 0.395. The number of nitrogen functional groups attached to an aromatic ring is 1. The van der Waals surface area contributed by atoms with Crippen molar-refractivity contribution in [3.05, 3.63) is 119 Å². The summed E-state index contributed by atoms with van der Waals surface area (Å²) in [7, 11) is 0. The van der Waals surface area contributed by atoms with Crippen LogP contribution in [-0.4, -0.2) is 58.8 Å². The van der Waals surface area contributed by atoms with Gasteiger partial charge in [-0.05, 0) is 71.3 Å². The van der Waals surface area contributed by atoms with Crippen LogP contribution in [0.5, 0.6) is 0 Å². The van der Waals surface area contributed by atoms with Crippen LogP contribution < -0.4 is 16.4 Å². The van der Waals surface area contributed by atoms with Crippen molar-refractivity contribution in [3.8, 4) is 11.1 Å². The zero-order valence-electron chi connectivity index (χ0n) is 30.3. The number of primary amides is 1. The first kappa shape index (κ1) is 38.2. The lowest BCUT2D eigenvalue weighted by Crippen LogP contribution is -2.38. The molecule has 0 aliphatic carbocycles. The van der Waals surface area contributed by atoms with Gasteiger partial charge in [-0.1, -0.05) is 85.6 Å². The number of β-amino-alcohol motifs (C(OH)–C–C–N with tert-alkyl or cyclic N) is 1. The van der Waals surface area contributed by atoms with Crippen molar-refractivity contribution in [2.24, 2.45) is 5.73 Å². The predicted molar refractivity (Wildman–Crippen MR) is 206 cm³/mol. The first-order valence-corrected chi connectivity index (χ1v) is 18.8. The highest BCUT2D eigenvalue weighted by Gasteiger charge is 2.34. The van der Waals surface area contributed by atoms with Crippen LogP contribution in [0, 0.1) is 0 Å². The molecule has 2 saturated heterocycles. The van der Waals surface area contributed by atoms with Crippen molar-refractivity contribution in [2.75, 3.05) is 30.3 Å². The maximum Gasteiger partial charge on any atom is 0.227 e. The van der Waals surface area contributed by atoms with E-state index in [-0.39, 0.29) is 36.7 Å². The summed E-state index contributed by atoms with van der Waals surface area (Å²) >= 11 is 0. The van der Waals surface area contributed by atoms with E-state index in [0.29, 0.717) is 56.7 Å². The molecular formula is C43H52N4O6. The molecule has 0 spiro atoms. The van der Waals surface area contributed by atoms with Gasteiger partial charge in [0, 0.05) is 44.5 Å². The number of aliphatic hydroxyl groups excluding tert-OH is 2. The summed E-state index contributed by atoms with van der Waals surface area (Å²) in [6, 6.07) is 31.7. The van der Waals surface area contributed by atoms with Gasteiger partial charge >= 0.3 is 0 Å². The molecule has 2 aliphatic heterocycles. The number of likely N-dealkylation sites (tertiary alicyclic amines) is 1. The molecule has 6 N–H and O–H groups in total. The molecule has 4 unspecified atom stereocenters. The van der Waals surface area contributed by atoms with Gasteiger partial charge in [-0.2, -0.15) is 0 Å². The fourth-order valence-electron chi connectivity index (χ4n) is 7.30. The summed E-state index contributed by atoms with van der Waals surface area (Å²) in [5.41, 5.74) is 18.6. The van der Waals surface area contributed by atoms with Crippen molar-refractivity contribution in [1.82, 2.24) is 4.90 Å². The number of aliphatic hydroxyl groups is 2. The second kappa shape index (κ2) is 18.4. The van der Waals surface area contributed by atoms with E-state index in [9.17, 15) is 19.8 Å². The van der Waals surface area contributed by atoms with Crippen LogP contribution in [0.1, 0.15) is 86.0 Å². The molecule has 2 amide bonds. The Bertz CT molecular complexity index is 1820. The number of ether oxygens (including phenoxy) is 2. The maximum atomic E-state index is 13.7. The highest BCUT2D eigenvalue weighted by Crippen LogP contribution is 2.39. The Morgan fingerprint density at radius 2 is 1.55 bits per heavy atom. The number of hydrogen-bond acceptors (Lipinski definition) is 8. The van der Waals surface area contributed by atoms with E-state index in [1.807, 2.05) is 72.8 Å². The number of rotatable bonds is 16. The monoisotopic (exact) mass is 720 g/mol. The standard InChI is InChI=1S/C43H52N4O6/c44-38-13-5-6-14-39(38)47(42(51)16-4-2-1-3-15-41(45)50)26-31-9-7-10-33(23-31)34-11-8-12-35(24-34)43-52-37(28-46-22-21-36(49)27-46)25-40(53-43)32-19-17-30(29-48)18-20-32/h5-14,17-20,23-24,36-37,40,43,48-49H,1-4,15-16,21-22,25-29,44H2,(H2,45,50). The van der Waals surface area contributed by atoms with Crippen LogP contribution >= 0.6 is 0 Å². The fourth-order valence-corrected chi connectivity index (χ4v) is 7.30. The second-order valence-electron chi connectivity index (χ2n) is 14.3. The minimum absolute atomic E-state index is 0.00431.